The lowest BCUT2D eigenvalue weighted by Crippen LogP contribution is -2.44. The van der Waals surface area contributed by atoms with Gasteiger partial charge < -0.3 is 10.0 Å². The highest BCUT2D eigenvalue weighted by Crippen LogP contribution is 2.25. The summed E-state index contributed by atoms with van der Waals surface area (Å²) < 4.78 is 2.01. The Labute approximate surface area is 110 Å². The number of hydrogen-bond donors (Lipinski definition) is 1. The quantitative estimate of drug-likeness (QED) is 0.888. The van der Waals surface area contributed by atoms with Crippen LogP contribution >= 0.6 is 0 Å². The molecule has 1 aliphatic heterocycles. The summed E-state index contributed by atoms with van der Waals surface area (Å²) >= 11 is 0. The Kier molecular flexibility index (Phi) is 4.07. The molecule has 0 aromatic carbocycles. The second-order valence-electron chi connectivity index (χ2n) is 5.75. The molecule has 1 aromatic heterocycles. The first-order valence-corrected chi connectivity index (χ1v) is 6.97. The zero-order valence-corrected chi connectivity index (χ0v) is 11.8. The molecule has 0 radical (unpaired) electrons. The average Bonchev–Trinajstić information content (AvgIpc) is 2.80. The van der Waals surface area contributed by atoms with Crippen molar-refractivity contribution in [2.75, 3.05) is 20.1 Å². The van der Waals surface area contributed by atoms with Gasteiger partial charge in [0.1, 0.15) is 0 Å². The van der Waals surface area contributed by atoms with E-state index in [1.165, 1.54) is 0 Å². The first kappa shape index (κ1) is 13.6. The zero-order valence-electron chi connectivity index (χ0n) is 11.8. The fourth-order valence-electron chi connectivity index (χ4n) is 2.45. The molecule has 1 saturated heterocycles. The van der Waals surface area contributed by atoms with Gasteiger partial charge in [-0.25, -0.2) is 0 Å². The molecule has 2 heterocycles. The molecule has 1 fully saturated rings. The van der Waals surface area contributed by atoms with Crippen LogP contribution in [0.3, 0.4) is 0 Å². The summed E-state index contributed by atoms with van der Waals surface area (Å²) in [5.74, 6) is 0. The van der Waals surface area contributed by atoms with Crippen LogP contribution in [0.1, 0.15) is 44.8 Å². The highest BCUT2D eigenvalue weighted by molar-refractivity contribution is 5.05. The first-order valence-electron chi connectivity index (χ1n) is 6.97. The third-order valence-electron chi connectivity index (χ3n) is 4.13. The molecule has 2 rings (SSSR count). The fraction of sp³-hybridized carbons (Fsp3) is 0.786. The molecule has 1 atom stereocenters. The van der Waals surface area contributed by atoms with E-state index in [2.05, 4.69) is 30.9 Å². The molecule has 0 saturated carbocycles. The van der Waals surface area contributed by atoms with E-state index in [1.807, 2.05) is 16.9 Å². The summed E-state index contributed by atoms with van der Waals surface area (Å²) in [6.07, 6.45) is 5.49. The van der Waals surface area contributed by atoms with Gasteiger partial charge in [0, 0.05) is 31.7 Å². The smallest absolute Gasteiger partial charge is 0.0728 e. The number of rotatable bonds is 4. The minimum Gasteiger partial charge on any atom is -0.389 e. The third kappa shape index (κ3) is 3.12. The molecule has 4 heteroatoms. The van der Waals surface area contributed by atoms with Gasteiger partial charge in [-0.15, -0.1) is 0 Å². The van der Waals surface area contributed by atoms with Crippen LogP contribution in [-0.4, -0.2) is 45.5 Å². The number of likely N-dealkylation sites (tertiary alicyclic amines) is 1. The monoisotopic (exact) mass is 251 g/mol. The zero-order chi connectivity index (χ0) is 13.2. The number of aliphatic hydroxyl groups is 1. The summed E-state index contributed by atoms with van der Waals surface area (Å²) in [5.41, 5.74) is 0.462. The Bertz CT molecular complexity index is 380. The maximum Gasteiger partial charge on any atom is 0.0728 e. The van der Waals surface area contributed by atoms with Gasteiger partial charge in [0.2, 0.25) is 0 Å². The van der Waals surface area contributed by atoms with Crippen molar-refractivity contribution >= 4 is 0 Å². The van der Waals surface area contributed by atoms with Gasteiger partial charge in [0.25, 0.3) is 0 Å². The average molecular weight is 251 g/mol. The van der Waals surface area contributed by atoms with Gasteiger partial charge in [0.15, 0.2) is 0 Å². The van der Waals surface area contributed by atoms with Crippen LogP contribution < -0.4 is 0 Å². The second-order valence-corrected chi connectivity index (χ2v) is 5.75. The van der Waals surface area contributed by atoms with Crippen molar-refractivity contribution < 1.29 is 5.11 Å². The highest BCUT2D eigenvalue weighted by Gasteiger charge is 2.32. The van der Waals surface area contributed by atoms with E-state index in [4.69, 9.17) is 0 Å². The highest BCUT2D eigenvalue weighted by atomic mass is 16.3. The molecular formula is C14H25N3O. The van der Waals surface area contributed by atoms with E-state index in [0.29, 0.717) is 12.5 Å². The van der Waals surface area contributed by atoms with Crippen LogP contribution in [-0.2, 0) is 6.42 Å². The molecule has 18 heavy (non-hydrogen) atoms. The number of piperidine rings is 1. The Morgan fingerprint density at radius 1 is 1.44 bits per heavy atom. The molecule has 0 bridgehead atoms. The Morgan fingerprint density at radius 2 is 2.11 bits per heavy atom. The van der Waals surface area contributed by atoms with Gasteiger partial charge in [-0.2, -0.15) is 5.10 Å². The fourth-order valence-corrected chi connectivity index (χ4v) is 2.45. The maximum atomic E-state index is 10.6. The summed E-state index contributed by atoms with van der Waals surface area (Å²) in [4.78, 5) is 2.27. The topological polar surface area (TPSA) is 41.3 Å². The minimum absolute atomic E-state index is 0.436. The standard InChI is InChI=1S/C14H25N3O/c1-4-12(2)17-8-5-13(15-17)11-14(18)6-9-16(3)10-7-14/h5,8,12,18H,4,6-7,9-11H2,1-3H3. The van der Waals surface area contributed by atoms with E-state index in [9.17, 15) is 5.11 Å². The predicted octanol–water partition coefficient (Wildman–Crippen LogP) is 1.85. The van der Waals surface area contributed by atoms with Crippen molar-refractivity contribution in [2.45, 2.75) is 51.2 Å². The molecule has 0 spiro atoms. The van der Waals surface area contributed by atoms with Gasteiger partial charge in [-0.3, -0.25) is 4.68 Å². The molecule has 1 aromatic rings. The lowest BCUT2D eigenvalue weighted by atomic mass is 9.87. The first-order chi connectivity index (χ1) is 8.52. The third-order valence-corrected chi connectivity index (χ3v) is 4.13. The normalized spacial score (nSPS) is 22.0. The molecule has 4 nitrogen and oxygen atoms in total. The largest absolute Gasteiger partial charge is 0.389 e. The van der Waals surface area contributed by atoms with E-state index < -0.39 is 5.60 Å². The van der Waals surface area contributed by atoms with E-state index in [1.54, 1.807) is 0 Å². The Hall–Kier alpha value is -0.870. The summed E-state index contributed by atoms with van der Waals surface area (Å²) in [6.45, 7) is 6.28. The van der Waals surface area contributed by atoms with Gasteiger partial charge >= 0.3 is 0 Å². The van der Waals surface area contributed by atoms with Crippen LogP contribution in [0.25, 0.3) is 0 Å². The molecule has 0 amide bonds. The van der Waals surface area contributed by atoms with Crippen molar-refractivity contribution in [2.24, 2.45) is 0 Å². The molecule has 1 aliphatic rings. The van der Waals surface area contributed by atoms with E-state index >= 15 is 0 Å². The van der Waals surface area contributed by atoms with Gasteiger partial charge in [0.05, 0.1) is 11.3 Å². The van der Waals surface area contributed by atoms with Crippen molar-refractivity contribution in [3.05, 3.63) is 18.0 Å². The lowest BCUT2D eigenvalue weighted by Gasteiger charge is -2.36. The molecule has 1 unspecified atom stereocenters. The SMILES string of the molecule is CCC(C)n1ccc(CC2(O)CCN(C)CC2)n1. The molecule has 102 valence electrons. The van der Waals surface area contributed by atoms with Crippen molar-refractivity contribution in [3.63, 3.8) is 0 Å². The van der Waals surface area contributed by atoms with E-state index in [0.717, 1.165) is 38.0 Å². The number of aromatic nitrogens is 2. The van der Waals surface area contributed by atoms with Crippen molar-refractivity contribution in [3.8, 4) is 0 Å². The predicted molar refractivity (Wildman–Crippen MR) is 72.6 cm³/mol. The summed E-state index contributed by atoms with van der Waals surface area (Å²) in [5, 5.41) is 15.2. The maximum absolute atomic E-state index is 10.6. The summed E-state index contributed by atoms with van der Waals surface area (Å²) in [6, 6.07) is 2.48. The lowest BCUT2D eigenvalue weighted by molar-refractivity contribution is -0.0158. The number of hydrogen-bond acceptors (Lipinski definition) is 3. The van der Waals surface area contributed by atoms with Crippen LogP contribution in [0, 0.1) is 0 Å². The minimum atomic E-state index is -0.554. The summed E-state index contributed by atoms with van der Waals surface area (Å²) in [7, 11) is 2.11. The van der Waals surface area contributed by atoms with Crippen LogP contribution in [0.2, 0.25) is 0 Å². The van der Waals surface area contributed by atoms with Crippen LogP contribution in [0.4, 0.5) is 0 Å². The van der Waals surface area contributed by atoms with Crippen LogP contribution in [0.15, 0.2) is 12.3 Å². The van der Waals surface area contributed by atoms with Crippen LogP contribution in [0.5, 0.6) is 0 Å². The molecule has 1 N–H and O–H groups in total. The van der Waals surface area contributed by atoms with E-state index in [-0.39, 0.29) is 0 Å². The van der Waals surface area contributed by atoms with Gasteiger partial charge in [-0.05, 0) is 39.3 Å². The number of nitrogens with zero attached hydrogens (tertiary/aromatic N) is 3. The van der Waals surface area contributed by atoms with Gasteiger partial charge in [-0.1, -0.05) is 6.92 Å². The Balaban J connectivity index is 1.98. The Morgan fingerprint density at radius 3 is 2.72 bits per heavy atom. The van der Waals surface area contributed by atoms with Crippen molar-refractivity contribution in [1.82, 2.24) is 14.7 Å². The molecule has 0 aliphatic carbocycles. The second kappa shape index (κ2) is 5.41. The molecular weight excluding hydrogens is 226 g/mol. The van der Waals surface area contributed by atoms with Crippen molar-refractivity contribution in [1.29, 1.82) is 0 Å².